The Balaban J connectivity index is 2.00. The van der Waals surface area contributed by atoms with Crippen molar-refractivity contribution in [3.05, 3.63) is 65.7 Å². The number of hydrogen-bond acceptors (Lipinski definition) is 5. The fourth-order valence-electron chi connectivity index (χ4n) is 3.35. The second-order valence-corrected chi connectivity index (χ2v) is 8.00. The summed E-state index contributed by atoms with van der Waals surface area (Å²) < 4.78 is 6.81. The molecule has 0 fully saturated rings. The molecule has 0 bridgehead atoms. The first kappa shape index (κ1) is 20.5. The van der Waals surface area contributed by atoms with Gasteiger partial charge in [0.1, 0.15) is 11.4 Å². The molecule has 0 saturated carbocycles. The van der Waals surface area contributed by atoms with Crippen molar-refractivity contribution in [3.63, 3.8) is 0 Å². The lowest BCUT2D eigenvalue weighted by molar-refractivity contribution is 0.0528. The highest BCUT2D eigenvalue weighted by Crippen LogP contribution is 2.33. The van der Waals surface area contributed by atoms with Crippen LogP contribution in [-0.2, 0) is 4.74 Å². The molecular formula is C22H25N3O4. The summed E-state index contributed by atoms with van der Waals surface area (Å²) in [6, 6.07) is 10.0. The van der Waals surface area contributed by atoms with E-state index in [-0.39, 0.29) is 11.5 Å². The number of nitrogens with two attached hydrogens (primary N) is 1. The number of rotatable bonds is 4. The summed E-state index contributed by atoms with van der Waals surface area (Å²) in [6.45, 7) is 7.28. The fraction of sp³-hybridized carbons (Fsp3) is 0.318. The topological polar surface area (TPSA) is 107 Å². The number of carboxylic acid groups (broad SMARTS) is 1. The van der Waals surface area contributed by atoms with Crippen molar-refractivity contribution >= 4 is 22.8 Å². The van der Waals surface area contributed by atoms with Crippen LogP contribution in [0.3, 0.4) is 0 Å². The van der Waals surface area contributed by atoms with E-state index in [9.17, 15) is 14.7 Å². The first-order chi connectivity index (χ1) is 13.6. The van der Waals surface area contributed by atoms with Gasteiger partial charge in [0, 0.05) is 24.4 Å². The number of hydrogen-bond donors (Lipinski definition) is 2. The van der Waals surface area contributed by atoms with Crippen LogP contribution in [0.4, 0.5) is 4.79 Å². The molecule has 2 atom stereocenters. The number of carbonyl (C=O) groups is 2. The lowest BCUT2D eigenvalue weighted by atomic mass is 9.89. The van der Waals surface area contributed by atoms with Gasteiger partial charge in [0.05, 0.1) is 5.56 Å². The summed E-state index contributed by atoms with van der Waals surface area (Å²) in [5, 5.41) is 10.9. The van der Waals surface area contributed by atoms with Crippen molar-refractivity contribution in [2.24, 2.45) is 5.73 Å². The Hall–Kier alpha value is -3.19. The number of ether oxygens (including phenoxy) is 1. The minimum Gasteiger partial charge on any atom is -0.478 e. The first-order valence-corrected chi connectivity index (χ1v) is 9.37. The van der Waals surface area contributed by atoms with Crippen LogP contribution in [-0.4, -0.2) is 32.3 Å². The van der Waals surface area contributed by atoms with Gasteiger partial charge in [-0.3, -0.25) is 0 Å². The second kappa shape index (κ2) is 7.67. The van der Waals surface area contributed by atoms with Crippen LogP contribution in [0.2, 0.25) is 0 Å². The van der Waals surface area contributed by atoms with Crippen LogP contribution in [0.25, 0.3) is 10.8 Å². The molecule has 2 aromatic carbocycles. The molecule has 152 valence electrons. The first-order valence-electron chi connectivity index (χ1n) is 9.37. The predicted molar refractivity (Wildman–Crippen MR) is 110 cm³/mol. The van der Waals surface area contributed by atoms with Crippen molar-refractivity contribution in [1.29, 1.82) is 0 Å². The van der Waals surface area contributed by atoms with E-state index in [1.807, 2.05) is 19.1 Å². The number of imidazole rings is 1. The third-order valence-corrected chi connectivity index (χ3v) is 4.75. The van der Waals surface area contributed by atoms with Gasteiger partial charge in [-0.1, -0.05) is 37.3 Å². The smallest absolute Gasteiger partial charge is 0.419 e. The number of benzene rings is 2. The highest BCUT2D eigenvalue weighted by atomic mass is 16.6. The fourth-order valence-corrected chi connectivity index (χ4v) is 3.35. The van der Waals surface area contributed by atoms with E-state index in [0.717, 1.165) is 10.9 Å². The molecule has 3 aromatic rings. The summed E-state index contributed by atoms with van der Waals surface area (Å²) >= 11 is 0. The Morgan fingerprint density at radius 2 is 1.79 bits per heavy atom. The molecule has 0 radical (unpaired) electrons. The molecule has 0 saturated heterocycles. The molecule has 2 unspecified atom stereocenters. The zero-order chi connectivity index (χ0) is 21.3. The standard InChI is InChI=1S/C22H25N3O4/c1-13(19-24-11-12-25(19)21(28)29-22(2,3)4)18(23)16-9-10-17(20(26)27)15-8-6-5-7-14(15)16/h5-13,18H,23H2,1-4H3,(H,26,27). The molecule has 7 nitrogen and oxygen atoms in total. The Bertz CT molecular complexity index is 1070. The number of nitrogens with zero attached hydrogens (tertiary/aromatic N) is 2. The van der Waals surface area contributed by atoms with Crippen LogP contribution in [0.1, 0.15) is 61.4 Å². The third-order valence-electron chi connectivity index (χ3n) is 4.75. The maximum Gasteiger partial charge on any atom is 0.419 e. The predicted octanol–water partition coefficient (Wildman–Crippen LogP) is 4.32. The minimum atomic E-state index is -0.991. The Kier molecular flexibility index (Phi) is 5.44. The molecule has 0 spiro atoms. The second-order valence-electron chi connectivity index (χ2n) is 8.00. The molecule has 1 heterocycles. The quantitative estimate of drug-likeness (QED) is 0.681. The van der Waals surface area contributed by atoms with Crippen molar-refractivity contribution in [2.75, 3.05) is 0 Å². The normalized spacial score (nSPS) is 13.8. The summed E-state index contributed by atoms with van der Waals surface area (Å²) in [4.78, 5) is 28.4. The summed E-state index contributed by atoms with van der Waals surface area (Å²) in [7, 11) is 0. The Labute approximate surface area is 169 Å². The van der Waals surface area contributed by atoms with Gasteiger partial charge in [-0.25, -0.2) is 19.1 Å². The van der Waals surface area contributed by atoms with Crippen LogP contribution in [0, 0.1) is 0 Å². The molecule has 0 aliphatic carbocycles. The van der Waals surface area contributed by atoms with E-state index in [4.69, 9.17) is 10.5 Å². The highest BCUT2D eigenvalue weighted by molar-refractivity contribution is 6.04. The van der Waals surface area contributed by atoms with Crippen LogP contribution >= 0.6 is 0 Å². The average molecular weight is 395 g/mol. The van der Waals surface area contributed by atoms with Gasteiger partial charge in [-0.15, -0.1) is 0 Å². The minimum absolute atomic E-state index is 0.222. The van der Waals surface area contributed by atoms with Gasteiger partial charge in [0.25, 0.3) is 0 Å². The molecule has 0 aliphatic heterocycles. The maximum absolute atomic E-state index is 12.5. The van der Waals surface area contributed by atoms with E-state index in [1.54, 1.807) is 51.2 Å². The van der Waals surface area contributed by atoms with Gasteiger partial charge in [-0.2, -0.15) is 0 Å². The van der Waals surface area contributed by atoms with Crippen molar-refractivity contribution in [2.45, 2.75) is 45.3 Å². The van der Waals surface area contributed by atoms with Gasteiger partial charge >= 0.3 is 12.1 Å². The Morgan fingerprint density at radius 3 is 2.41 bits per heavy atom. The molecule has 0 amide bonds. The molecule has 7 heteroatoms. The van der Waals surface area contributed by atoms with Crippen molar-refractivity contribution in [3.8, 4) is 0 Å². The monoisotopic (exact) mass is 395 g/mol. The number of carboxylic acids is 1. The Morgan fingerprint density at radius 1 is 1.14 bits per heavy atom. The van der Waals surface area contributed by atoms with Crippen molar-refractivity contribution < 1.29 is 19.4 Å². The molecular weight excluding hydrogens is 370 g/mol. The summed E-state index contributed by atoms with van der Waals surface area (Å²) in [5.41, 5.74) is 6.94. The van der Waals surface area contributed by atoms with Gasteiger partial charge < -0.3 is 15.6 Å². The molecule has 3 rings (SSSR count). The van der Waals surface area contributed by atoms with E-state index in [2.05, 4.69) is 4.98 Å². The van der Waals surface area contributed by atoms with E-state index in [0.29, 0.717) is 11.2 Å². The van der Waals surface area contributed by atoms with E-state index >= 15 is 0 Å². The zero-order valence-corrected chi connectivity index (χ0v) is 16.9. The number of fused-ring (bicyclic) bond motifs is 1. The van der Waals surface area contributed by atoms with Gasteiger partial charge in [0.15, 0.2) is 0 Å². The molecule has 29 heavy (non-hydrogen) atoms. The van der Waals surface area contributed by atoms with Crippen LogP contribution in [0.15, 0.2) is 48.8 Å². The van der Waals surface area contributed by atoms with Crippen molar-refractivity contribution in [1.82, 2.24) is 9.55 Å². The largest absolute Gasteiger partial charge is 0.478 e. The maximum atomic E-state index is 12.5. The summed E-state index contributed by atoms with van der Waals surface area (Å²) in [6.07, 6.45) is 2.57. The van der Waals surface area contributed by atoms with E-state index in [1.165, 1.54) is 10.8 Å². The van der Waals surface area contributed by atoms with Crippen LogP contribution < -0.4 is 5.73 Å². The average Bonchev–Trinajstić information content (AvgIpc) is 3.14. The van der Waals surface area contributed by atoms with Gasteiger partial charge in [0.2, 0.25) is 0 Å². The molecule has 3 N–H and O–H groups in total. The highest BCUT2D eigenvalue weighted by Gasteiger charge is 2.27. The molecule has 0 aliphatic rings. The number of carbonyl (C=O) groups excluding carboxylic acids is 1. The molecule has 1 aromatic heterocycles. The van der Waals surface area contributed by atoms with Crippen LogP contribution in [0.5, 0.6) is 0 Å². The lowest BCUT2D eigenvalue weighted by Gasteiger charge is -2.24. The summed E-state index contributed by atoms with van der Waals surface area (Å²) in [5.74, 6) is -0.829. The lowest BCUT2D eigenvalue weighted by Crippen LogP contribution is -2.29. The number of aromatic carboxylic acids is 1. The van der Waals surface area contributed by atoms with E-state index < -0.39 is 23.7 Å². The van der Waals surface area contributed by atoms with Gasteiger partial charge in [-0.05, 0) is 43.2 Å². The number of aromatic nitrogens is 2. The third kappa shape index (κ3) is 4.14. The zero-order valence-electron chi connectivity index (χ0n) is 16.9. The SMILES string of the molecule is CC(c1nccn1C(=O)OC(C)(C)C)C(N)c1ccc(C(=O)O)c2ccccc12.